The first kappa shape index (κ1) is 26.9. The molecule has 4 aromatic rings. The van der Waals surface area contributed by atoms with Crippen molar-refractivity contribution in [1.82, 2.24) is 0 Å². The fraction of sp³-hybridized carbons (Fsp3) is 0. The van der Waals surface area contributed by atoms with Gasteiger partial charge in [0.15, 0.2) is 0 Å². The van der Waals surface area contributed by atoms with Gasteiger partial charge in [-0.3, -0.25) is 0 Å². The predicted molar refractivity (Wildman–Crippen MR) is 173 cm³/mol. The molecule has 1 heteroatoms. The van der Waals surface area contributed by atoms with Crippen molar-refractivity contribution in [3.63, 3.8) is 0 Å². The van der Waals surface area contributed by atoms with E-state index >= 15 is 0 Å². The number of hydrogen-bond acceptors (Lipinski definition) is 1. The molecule has 1 nitrogen and oxygen atoms in total. The number of allylic oxidation sites excluding steroid dienone is 7. The van der Waals surface area contributed by atoms with E-state index in [2.05, 4.69) is 139 Å². The van der Waals surface area contributed by atoms with Crippen molar-refractivity contribution in [2.45, 2.75) is 0 Å². The lowest BCUT2D eigenvalue weighted by atomic mass is 10.1. The minimum absolute atomic E-state index is 0.952. The maximum Gasteiger partial charge on any atom is 0.0462 e. The molecule has 0 saturated carbocycles. The average Bonchev–Trinajstić information content (AvgIpc) is 2.99. The highest BCUT2D eigenvalue weighted by Gasteiger charge is 2.12. The molecule has 0 saturated heterocycles. The summed E-state index contributed by atoms with van der Waals surface area (Å²) in [5.41, 5.74) is 7.69. The highest BCUT2D eigenvalue weighted by atomic mass is 15.1. The van der Waals surface area contributed by atoms with Gasteiger partial charge in [-0.25, -0.2) is 0 Å². The lowest BCUT2D eigenvalue weighted by Crippen LogP contribution is -2.14. The van der Waals surface area contributed by atoms with Crippen LogP contribution in [0.25, 0.3) is 24.3 Å². The molecule has 0 spiro atoms. The molecule has 0 radical (unpaired) electrons. The molecular weight excluding hydrogens is 470 g/mol. The molecule has 0 aliphatic heterocycles. The van der Waals surface area contributed by atoms with Crippen LogP contribution < -0.4 is 4.90 Å². The van der Waals surface area contributed by atoms with Gasteiger partial charge >= 0.3 is 0 Å². The molecule has 39 heavy (non-hydrogen) atoms. The number of benzene rings is 4. The van der Waals surface area contributed by atoms with Crippen LogP contribution in [0.4, 0.5) is 11.4 Å². The quantitative estimate of drug-likeness (QED) is 0.184. The Balaban J connectivity index is 1.50. The smallest absolute Gasteiger partial charge is 0.0462 e. The topological polar surface area (TPSA) is 3.24 Å². The maximum atomic E-state index is 4.04. The summed E-state index contributed by atoms with van der Waals surface area (Å²) in [7, 11) is 0. The largest absolute Gasteiger partial charge is 0.311 e. The summed E-state index contributed by atoms with van der Waals surface area (Å²) < 4.78 is 0. The molecule has 0 aliphatic rings. The first-order chi connectivity index (χ1) is 19.3. The minimum Gasteiger partial charge on any atom is -0.311 e. The van der Waals surface area contributed by atoms with E-state index in [0.717, 1.165) is 28.2 Å². The van der Waals surface area contributed by atoms with Crippen molar-refractivity contribution >= 4 is 35.7 Å². The summed E-state index contributed by atoms with van der Waals surface area (Å²) in [6.45, 7) is 7.93. The molecule has 0 amide bonds. The van der Waals surface area contributed by atoms with Gasteiger partial charge in [0.25, 0.3) is 0 Å². The van der Waals surface area contributed by atoms with E-state index in [9.17, 15) is 0 Å². The van der Waals surface area contributed by atoms with Gasteiger partial charge < -0.3 is 4.90 Å². The summed E-state index contributed by atoms with van der Waals surface area (Å²) in [4.78, 5) is 2.18. The highest BCUT2D eigenvalue weighted by Crippen LogP contribution is 2.31. The molecule has 0 heterocycles. The Kier molecular flexibility index (Phi) is 10.0. The van der Waals surface area contributed by atoms with E-state index in [0.29, 0.717) is 0 Å². The minimum atomic E-state index is 0.952. The van der Waals surface area contributed by atoms with E-state index in [4.69, 9.17) is 0 Å². The summed E-state index contributed by atoms with van der Waals surface area (Å²) in [5, 5.41) is 0. The molecule has 0 fully saturated rings. The van der Waals surface area contributed by atoms with Crippen LogP contribution in [0.3, 0.4) is 0 Å². The van der Waals surface area contributed by atoms with Crippen LogP contribution in [0.1, 0.15) is 22.3 Å². The number of hydrogen-bond donors (Lipinski definition) is 0. The van der Waals surface area contributed by atoms with Gasteiger partial charge in [-0.1, -0.05) is 153 Å². The van der Waals surface area contributed by atoms with E-state index in [1.807, 2.05) is 48.6 Å². The van der Waals surface area contributed by atoms with Gasteiger partial charge in [0.05, 0.1) is 0 Å². The van der Waals surface area contributed by atoms with Gasteiger partial charge in [-0.15, -0.1) is 0 Å². The van der Waals surface area contributed by atoms with E-state index in [-0.39, 0.29) is 0 Å². The Labute approximate surface area is 233 Å². The average molecular weight is 504 g/mol. The van der Waals surface area contributed by atoms with Crippen LogP contribution in [-0.2, 0) is 0 Å². The lowest BCUT2D eigenvalue weighted by Gasteiger charge is -2.26. The third-order valence-corrected chi connectivity index (χ3v) is 6.03. The summed E-state index contributed by atoms with van der Waals surface area (Å²) in [5.74, 6) is 0. The zero-order valence-corrected chi connectivity index (χ0v) is 22.1. The fourth-order valence-electron chi connectivity index (χ4n) is 4.07. The van der Waals surface area contributed by atoms with Crippen molar-refractivity contribution in [3.05, 3.63) is 193 Å². The Morgan fingerprint density at radius 1 is 0.462 bits per heavy atom. The Hall–Kier alpha value is -5.14. The first-order valence-electron chi connectivity index (χ1n) is 13.0. The van der Waals surface area contributed by atoms with Crippen molar-refractivity contribution in [3.8, 4) is 0 Å². The molecule has 0 unspecified atom stereocenters. The summed E-state index contributed by atoms with van der Waals surface area (Å²) in [6.07, 6.45) is 22.3. The number of anilines is 2. The maximum absolute atomic E-state index is 4.04. The van der Waals surface area contributed by atoms with Crippen molar-refractivity contribution < 1.29 is 0 Å². The molecule has 4 rings (SSSR count). The van der Waals surface area contributed by atoms with Crippen LogP contribution in [0.15, 0.2) is 171 Å². The van der Waals surface area contributed by atoms with Gasteiger partial charge in [-0.2, -0.15) is 0 Å². The standard InChI is InChI=1S/C38H33N/c1-3-15-36(4-2)39(37-28-24-34(25-29-37)22-13-11-20-32-16-7-5-8-17-32)38-30-26-35(27-31-38)23-14-12-21-33-18-9-6-10-19-33/h3-31H,1-2H2/b20-11+,21-12+,22-13+,23-14+,36-15+. The van der Waals surface area contributed by atoms with Crippen LogP contribution in [0, 0.1) is 0 Å². The Morgan fingerprint density at radius 2 is 0.821 bits per heavy atom. The van der Waals surface area contributed by atoms with Crippen LogP contribution in [-0.4, -0.2) is 0 Å². The van der Waals surface area contributed by atoms with Gasteiger partial charge in [0.2, 0.25) is 0 Å². The predicted octanol–water partition coefficient (Wildman–Crippen LogP) is 10.5. The third-order valence-electron chi connectivity index (χ3n) is 6.03. The number of nitrogens with zero attached hydrogens (tertiary/aromatic N) is 1. The second-order valence-electron chi connectivity index (χ2n) is 8.81. The van der Waals surface area contributed by atoms with E-state index < -0.39 is 0 Å². The van der Waals surface area contributed by atoms with Crippen molar-refractivity contribution in [2.75, 3.05) is 4.90 Å². The molecule has 0 aliphatic carbocycles. The highest BCUT2D eigenvalue weighted by molar-refractivity contribution is 5.72. The van der Waals surface area contributed by atoms with Gasteiger partial charge in [-0.05, 0) is 58.7 Å². The van der Waals surface area contributed by atoms with Crippen molar-refractivity contribution in [1.29, 1.82) is 0 Å². The third kappa shape index (κ3) is 8.18. The lowest BCUT2D eigenvalue weighted by molar-refractivity contribution is 1.21. The fourth-order valence-corrected chi connectivity index (χ4v) is 4.07. The van der Waals surface area contributed by atoms with Gasteiger partial charge in [0.1, 0.15) is 0 Å². The van der Waals surface area contributed by atoms with Gasteiger partial charge in [0, 0.05) is 17.1 Å². The second-order valence-corrected chi connectivity index (χ2v) is 8.81. The van der Waals surface area contributed by atoms with Crippen LogP contribution in [0.2, 0.25) is 0 Å². The van der Waals surface area contributed by atoms with Crippen molar-refractivity contribution in [2.24, 2.45) is 0 Å². The summed E-state index contributed by atoms with van der Waals surface area (Å²) >= 11 is 0. The Bertz CT molecular complexity index is 1380. The Morgan fingerprint density at radius 3 is 1.15 bits per heavy atom. The zero-order valence-electron chi connectivity index (χ0n) is 22.1. The van der Waals surface area contributed by atoms with Crippen LogP contribution in [0.5, 0.6) is 0 Å². The molecular formula is C38H33N. The van der Waals surface area contributed by atoms with E-state index in [1.165, 1.54) is 11.1 Å². The molecule has 0 bridgehead atoms. The second kappa shape index (κ2) is 14.6. The molecule has 190 valence electrons. The normalized spacial score (nSPS) is 12.1. The summed E-state index contributed by atoms with van der Waals surface area (Å²) in [6, 6.07) is 37.6. The molecule has 0 atom stereocenters. The molecule has 4 aromatic carbocycles. The number of rotatable bonds is 11. The first-order valence-corrected chi connectivity index (χ1v) is 13.0. The molecule has 0 aromatic heterocycles. The zero-order chi connectivity index (χ0) is 27.1. The molecule has 0 N–H and O–H groups in total. The monoisotopic (exact) mass is 503 g/mol. The van der Waals surface area contributed by atoms with E-state index in [1.54, 1.807) is 6.08 Å². The van der Waals surface area contributed by atoms with Crippen LogP contribution >= 0.6 is 0 Å². The SMILES string of the molecule is C=C/C=C(\C=C)N(c1ccc(/C=C/C=C/c2ccccc2)cc1)c1ccc(/C=C/C=C/c2ccccc2)cc1.